The van der Waals surface area contributed by atoms with Gasteiger partial charge in [-0.05, 0) is 43.3 Å². The highest BCUT2D eigenvalue weighted by Gasteiger charge is 2.13. The van der Waals surface area contributed by atoms with Crippen LogP contribution in [0.25, 0.3) is 0 Å². The highest BCUT2D eigenvalue weighted by atomic mass is 16.5. The molecule has 0 saturated carbocycles. The molecule has 1 amide bonds. The Morgan fingerprint density at radius 2 is 1.83 bits per heavy atom. The van der Waals surface area contributed by atoms with Gasteiger partial charge in [0, 0.05) is 0 Å². The molecule has 0 radical (unpaired) electrons. The monoisotopic (exact) mass is 323 g/mol. The molecule has 122 valence electrons. The maximum Gasteiger partial charge on any atom is 0.291 e. The van der Waals surface area contributed by atoms with Gasteiger partial charge in [-0.15, -0.1) is 0 Å². The number of rotatable bonds is 5. The fourth-order valence-electron chi connectivity index (χ4n) is 2.13. The minimum Gasteiger partial charge on any atom is -0.506 e. The first kappa shape index (κ1) is 15.7. The van der Waals surface area contributed by atoms with Gasteiger partial charge in [0.1, 0.15) is 23.9 Å². The lowest BCUT2D eigenvalue weighted by molar-refractivity contribution is 0.0992. The molecule has 0 aliphatic carbocycles. The summed E-state index contributed by atoms with van der Waals surface area (Å²) in [4.78, 5) is 12.1. The molecule has 2 aromatic carbocycles. The molecule has 0 bridgehead atoms. The van der Waals surface area contributed by atoms with Crippen LogP contribution in [0.1, 0.15) is 21.9 Å². The van der Waals surface area contributed by atoms with E-state index >= 15 is 0 Å². The maximum absolute atomic E-state index is 12.1. The minimum absolute atomic E-state index is 0.000309. The van der Waals surface area contributed by atoms with Crippen LogP contribution in [-0.2, 0) is 6.61 Å². The number of benzene rings is 2. The topological polar surface area (TPSA) is 71.7 Å². The van der Waals surface area contributed by atoms with Crippen LogP contribution in [0.3, 0.4) is 0 Å². The van der Waals surface area contributed by atoms with Crippen LogP contribution < -0.4 is 10.1 Å². The Hall–Kier alpha value is -3.21. The molecule has 0 aliphatic rings. The van der Waals surface area contributed by atoms with E-state index in [9.17, 15) is 9.90 Å². The number of carbonyl (C=O) groups excluding carboxylic acids is 1. The molecule has 0 fully saturated rings. The van der Waals surface area contributed by atoms with Crippen LogP contribution in [0.15, 0.2) is 65.1 Å². The van der Waals surface area contributed by atoms with Gasteiger partial charge >= 0.3 is 0 Å². The van der Waals surface area contributed by atoms with E-state index in [1.165, 1.54) is 6.07 Å². The van der Waals surface area contributed by atoms with Gasteiger partial charge in [0.05, 0.1) is 5.69 Å². The fourth-order valence-corrected chi connectivity index (χ4v) is 2.13. The smallest absolute Gasteiger partial charge is 0.291 e. The molecule has 24 heavy (non-hydrogen) atoms. The van der Waals surface area contributed by atoms with Crippen molar-refractivity contribution in [2.75, 3.05) is 5.32 Å². The number of aryl methyl sites for hydroxylation is 1. The molecule has 1 aromatic heterocycles. The molecule has 0 atom stereocenters. The van der Waals surface area contributed by atoms with Crippen LogP contribution in [0.5, 0.6) is 11.5 Å². The number of nitrogens with one attached hydrogen (secondary N) is 1. The largest absolute Gasteiger partial charge is 0.506 e. The molecule has 5 heteroatoms. The summed E-state index contributed by atoms with van der Waals surface area (Å²) in [5.41, 5.74) is 1.49. The van der Waals surface area contributed by atoms with Crippen molar-refractivity contribution in [3.63, 3.8) is 0 Å². The second-order valence-electron chi connectivity index (χ2n) is 5.34. The van der Waals surface area contributed by atoms with Crippen molar-refractivity contribution in [2.45, 2.75) is 13.5 Å². The first-order chi connectivity index (χ1) is 11.6. The van der Waals surface area contributed by atoms with Crippen LogP contribution in [-0.4, -0.2) is 11.0 Å². The predicted molar refractivity (Wildman–Crippen MR) is 90.3 cm³/mol. The molecule has 3 rings (SSSR count). The Morgan fingerprint density at radius 1 is 1.08 bits per heavy atom. The molecule has 0 spiro atoms. The molecule has 3 aromatic rings. The summed E-state index contributed by atoms with van der Waals surface area (Å²) in [5.74, 6) is 0.995. The summed E-state index contributed by atoms with van der Waals surface area (Å²) in [6.07, 6.45) is 0. The Bertz CT molecular complexity index is 837. The molecule has 1 heterocycles. The Morgan fingerprint density at radius 3 is 2.58 bits per heavy atom. The Balaban J connectivity index is 1.61. The van der Waals surface area contributed by atoms with Gasteiger partial charge in [-0.25, -0.2) is 0 Å². The van der Waals surface area contributed by atoms with E-state index in [0.717, 1.165) is 11.3 Å². The second-order valence-corrected chi connectivity index (χ2v) is 5.34. The SMILES string of the molecule is Cc1ccc(OCc2ccc(C(=O)Nc3ccccc3O)o2)cc1. The summed E-state index contributed by atoms with van der Waals surface area (Å²) in [7, 11) is 0. The summed E-state index contributed by atoms with van der Waals surface area (Å²) < 4.78 is 11.1. The molecule has 0 unspecified atom stereocenters. The number of hydrogen-bond acceptors (Lipinski definition) is 4. The summed E-state index contributed by atoms with van der Waals surface area (Å²) >= 11 is 0. The third-order valence-electron chi connectivity index (χ3n) is 3.44. The number of para-hydroxylation sites is 2. The summed E-state index contributed by atoms with van der Waals surface area (Å²) in [5, 5.41) is 12.3. The molecular weight excluding hydrogens is 306 g/mol. The highest BCUT2D eigenvalue weighted by Crippen LogP contribution is 2.22. The fraction of sp³-hybridized carbons (Fsp3) is 0.105. The number of carbonyl (C=O) groups is 1. The van der Waals surface area contributed by atoms with Crippen molar-refractivity contribution < 1.29 is 19.1 Å². The number of anilines is 1. The third kappa shape index (κ3) is 3.76. The Labute approximate surface area is 139 Å². The van der Waals surface area contributed by atoms with E-state index in [0.29, 0.717) is 11.4 Å². The van der Waals surface area contributed by atoms with E-state index in [4.69, 9.17) is 9.15 Å². The van der Waals surface area contributed by atoms with Gasteiger partial charge in [-0.3, -0.25) is 4.79 Å². The van der Waals surface area contributed by atoms with Crippen LogP contribution in [0, 0.1) is 6.92 Å². The molecular formula is C19H17NO4. The molecule has 5 nitrogen and oxygen atoms in total. The average molecular weight is 323 g/mol. The van der Waals surface area contributed by atoms with Gasteiger partial charge in [-0.1, -0.05) is 29.8 Å². The van der Waals surface area contributed by atoms with Crippen molar-refractivity contribution >= 4 is 11.6 Å². The number of hydrogen-bond donors (Lipinski definition) is 2. The summed E-state index contributed by atoms with van der Waals surface area (Å²) in [6, 6.07) is 17.4. The van der Waals surface area contributed by atoms with Crippen molar-refractivity contribution in [1.82, 2.24) is 0 Å². The normalized spacial score (nSPS) is 10.4. The van der Waals surface area contributed by atoms with Gasteiger partial charge < -0.3 is 19.6 Å². The zero-order chi connectivity index (χ0) is 16.9. The van der Waals surface area contributed by atoms with Crippen LogP contribution in [0.2, 0.25) is 0 Å². The van der Waals surface area contributed by atoms with Gasteiger partial charge in [0.25, 0.3) is 5.91 Å². The van der Waals surface area contributed by atoms with Crippen molar-refractivity contribution in [3.8, 4) is 11.5 Å². The minimum atomic E-state index is -0.432. The van der Waals surface area contributed by atoms with Crippen molar-refractivity contribution in [1.29, 1.82) is 0 Å². The van der Waals surface area contributed by atoms with E-state index < -0.39 is 5.91 Å². The number of ether oxygens (including phenoxy) is 1. The van der Waals surface area contributed by atoms with Gasteiger partial charge in [0.15, 0.2) is 5.76 Å². The van der Waals surface area contributed by atoms with Gasteiger partial charge in [-0.2, -0.15) is 0 Å². The van der Waals surface area contributed by atoms with E-state index in [1.807, 2.05) is 31.2 Å². The third-order valence-corrected chi connectivity index (χ3v) is 3.44. The predicted octanol–water partition coefficient (Wildman–Crippen LogP) is 4.12. The van der Waals surface area contributed by atoms with Crippen molar-refractivity contribution in [2.24, 2.45) is 0 Å². The Kier molecular flexibility index (Phi) is 4.52. The first-order valence-electron chi connectivity index (χ1n) is 7.49. The highest BCUT2D eigenvalue weighted by molar-refractivity contribution is 6.03. The maximum atomic E-state index is 12.1. The average Bonchev–Trinajstić information content (AvgIpc) is 3.06. The lowest BCUT2D eigenvalue weighted by atomic mass is 10.2. The molecule has 0 aliphatic heterocycles. The molecule has 0 saturated heterocycles. The van der Waals surface area contributed by atoms with E-state index in [-0.39, 0.29) is 18.1 Å². The lowest BCUT2D eigenvalue weighted by Crippen LogP contribution is -2.10. The van der Waals surface area contributed by atoms with E-state index in [2.05, 4.69) is 5.32 Å². The number of aromatic hydroxyl groups is 1. The number of phenols is 1. The second kappa shape index (κ2) is 6.91. The van der Waals surface area contributed by atoms with E-state index in [1.54, 1.807) is 30.3 Å². The number of furan rings is 1. The first-order valence-corrected chi connectivity index (χ1v) is 7.49. The molecule has 2 N–H and O–H groups in total. The van der Waals surface area contributed by atoms with Crippen LogP contribution >= 0.6 is 0 Å². The zero-order valence-corrected chi connectivity index (χ0v) is 13.2. The quantitative estimate of drug-likeness (QED) is 0.693. The van der Waals surface area contributed by atoms with Gasteiger partial charge in [0.2, 0.25) is 0 Å². The lowest BCUT2D eigenvalue weighted by Gasteiger charge is -2.05. The number of amides is 1. The van der Waals surface area contributed by atoms with Crippen molar-refractivity contribution in [3.05, 3.63) is 77.7 Å². The summed E-state index contributed by atoms with van der Waals surface area (Å²) in [6.45, 7) is 2.23. The van der Waals surface area contributed by atoms with Crippen LogP contribution in [0.4, 0.5) is 5.69 Å². The number of phenolic OH excluding ortho intramolecular Hbond substituents is 1. The zero-order valence-electron chi connectivity index (χ0n) is 13.2. The standard InChI is InChI=1S/C19H17NO4/c1-13-6-8-14(9-7-13)23-12-15-10-11-18(24-15)19(22)20-16-4-2-3-5-17(16)21/h2-11,21H,12H2,1H3,(H,20,22).